The van der Waals surface area contributed by atoms with Gasteiger partial charge in [-0.1, -0.05) is 79.2 Å². The number of carbonyl (C=O) groups is 2. The second kappa shape index (κ2) is 15.0. The van der Waals surface area contributed by atoms with Gasteiger partial charge in [-0.05, 0) is 96.6 Å². The predicted octanol–water partition coefficient (Wildman–Crippen LogP) is 7.82. The number of ether oxygens (including phenoxy) is 2. The van der Waals surface area contributed by atoms with Gasteiger partial charge in [0.25, 0.3) is 0 Å². The Bertz CT molecular complexity index is 1510. The fraction of sp³-hybridized carbons (Fsp3) is 0.243. The van der Waals surface area contributed by atoms with Crippen molar-refractivity contribution in [2.45, 2.75) is 32.1 Å². The first-order valence-electron chi connectivity index (χ1n) is 14.9. The number of likely N-dealkylation sites (tertiary alicyclic amines) is 1. The zero-order valence-electron chi connectivity index (χ0n) is 24.6. The van der Waals surface area contributed by atoms with Gasteiger partial charge in [-0.25, -0.2) is 0 Å². The number of benzene rings is 4. The Kier molecular flexibility index (Phi) is 10.4. The van der Waals surface area contributed by atoms with Crippen molar-refractivity contribution in [3.8, 4) is 11.5 Å². The molecule has 1 fully saturated rings. The first-order chi connectivity index (χ1) is 21.1. The highest BCUT2D eigenvalue weighted by atomic mass is 16.5. The maximum absolute atomic E-state index is 12.7. The van der Waals surface area contributed by atoms with Gasteiger partial charge in [-0.15, -0.1) is 0 Å². The molecule has 0 unspecified atom stereocenters. The normalized spacial score (nSPS) is 14.0. The van der Waals surface area contributed by atoms with Crippen molar-refractivity contribution >= 4 is 28.7 Å². The molecule has 43 heavy (non-hydrogen) atoms. The predicted molar refractivity (Wildman–Crippen MR) is 172 cm³/mol. The second-order valence-electron chi connectivity index (χ2n) is 10.7. The van der Waals surface area contributed by atoms with E-state index in [1.807, 2.05) is 97.1 Å². The molecule has 4 aromatic rings. The molecule has 0 atom stereocenters. The molecule has 5 rings (SSSR count). The molecule has 220 valence electrons. The molecule has 1 heterocycles. The lowest BCUT2D eigenvalue weighted by Crippen LogP contribution is -2.36. The Morgan fingerprint density at radius 1 is 0.674 bits per heavy atom. The standard InChI is InChI=1S/C37H38N2O4/c1-42-36(41)24-23-34(28-11-5-2-6-12-28)37(30-17-21-33(22-18-30)43-32-13-7-3-8-14-32)29-15-19-31(20-16-29)38-35(40)27-39-25-9-4-10-26-39/h2-3,5-8,11-22H,4,9-10,23-27H2,1H3,(H,38,40)/b37-34+. The number of nitrogens with zero attached hydrogens (tertiary/aromatic N) is 1. The molecule has 0 saturated carbocycles. The maximum Gasteiger partial charge on any atom is 0.305 e. The average molecular weight is 575 g/mol. The SMILES string of the molecule is COC(=O)CC/C(=C(/c1ccc(NC(=O)CN2CCCCC2)cc1)c1ccc(Oc2ccccc2)cc1)c1ccccc1. The number of allylic oxidation sites excluding steroid dienone is 1. The Balaban J connectivity index is 1.47. The van der Waals surface area contributed by atoms with Gasteiger partial charge in [0.1, 0.15) is 11.5 Å². The summed E-state index contributed by atoms with van der Waals surface area (Å²) in [6, 6.07) is 35.8. The summed E-state index contributed by atoms with van der Waals surface area (Å²) in [6.45, 7) is 2.36. The number of hydrogen-bond acceptors (Lipinski definition) is 5. The number of para-hydroxylation sites is 1. The Morgan fingerprint density at radius 3 is 1.88 bits per heavy atom. The van der Waals surface area contributed by atoms with Crippen molar-refractivity contribution in [3.63, 3.8) is 0 Å². The summed E-state index contributed by atoms with van der Waals surface area (Å²) in [5.74, 6) is 1.25. The van der Waals surface area contributed by atoms with Crippen LogP contribution in [0.15, 0.2) is 109 Å². The van der Waals surface area contributed by atoms with Crippen molar-refractivity contribution in [2.75, 3.05) is 32.1 Å². The lowest BCUT2D eigenvalue weighted by atomic mass is 9.87. The molecule has 1 amide bonds. The van der Waals surface area contributed by atoms with Crippen LogP contribution in [0, 0.1) is 0 Å². The van der Waals surface area contributed by atoms with Gasteiger partial charge >= 0.3 is 5.97 Å². The highest BCUT2D eigenvalue weighted by Gasteiger charge is 2.17. The third-order valence-electron chi connectivity index (χ3n) is 7.63. The number of esters is 1. The van der Waals surface area contributed by atoms with E-state index in [1.54, 1.807) is 0 Å². The first-order valence-corrected chi connectivity index (χ1v) is 14.9. The van der Waals surface area contributed by atoms with Crippen LogP contribution in [-0.4, -0.2) is 43.5 Å². The number of hydrogen-bond donors (Lipinski definition) is 1. The van der Waals surface area contributed by atoms with E-state index < -0.39 is 0 Å². The second-order valence-corrected chi connectivity index (χ2v) is 10.7. The molecule has 1 N–H and O–H groups in total. The first kappa shape index (κ1) is 29.8. The summed E-state index contributed by atoms with van der Waals surface area (Å²) in [4.78, 5) is 27.2. The van der Waals surface area contributed by atoms with E-state index in [4.69, 9.17) is 9.47 Å². The minimum Gasteiger partial charge on any atom is -0.469 e. The van der Waals surface area contributed by atoms with Gasteiger partial charge in [0, 0.05) is 12.1 Å². The van der Waals surface area contributed by atoms with E-state index in [2.05, 4.69) is 22.3 Å². The van der Waals surface area contributed by atoms with Crippen LogP contribution in [0.1, 0.15) is 48.8 Å². The topological polar surface area (TPSA) is 67.9 Å². The molecular formula is C37H38N2O4. The number of piperidine rings is 1. The Labute approximate surface area is 254 Å². The van der Waals surface area contributed by atoms with Crippen molar-refractivity contribution in [1.82, 2.24) is 4.90 Å². The highest BCUT2D eigenvalue weighted by Crippen LogP contribution is 2.37. The average Bonchev–Trinajstić information content (AvgIpc) is 3.05. The molecule has 1 aliphatic rings. The molecule has 0 aromatic heterocycles. The molecule has 1 aliphatic heterocycles. The van der Waals surface area contributed by atoms with Crippen LogP contribution in [0.2, 0.25) is 0 Å². The molecule has 6 nitrogen and oxygen atoms in total. The largest absolute Gasteiger partial charge is 0.469 e. The zero-order valence-corrected chi connectivity index (χ0v) is 24.6. The zero-order chi connectivity index (χ0) is 29.9. The van der Waals surface area contributed by atoms with Gasteiger partial charge in [0.15, 0.2) is 0 Å². The van der Waals surface area contributed by atoms with Crippen molar-refractivity contribution < 1.29 is 19.1 Å². The van der Waals surface area contributed by atoms with Crippen LogP contribution in [0.25, 0.3) is 11.1 Å². The molecule has 0 bridgehead atoms. The van der Waals surface area contributed by atoms with Crippen LogP contribution in [0.4, 0.5) is 5.69 Å². The van der Waals surface area contributed by atoms with Crippen molar-refractivity contribution in [3.05, 3.63) is 126 Å². The van der Waals surface area contributed by atoms with Crippen LogP contribution >= 0.6 is 0 Å². The molecule has 6 heteroatoms. The van der Waals surface area contributed by atoms with E-state index in [0.717, 1.165) is 71.0 Å². The molecule has 4 aromatic carbocycles. The quantitative estimate of drug-likeness (QED) is 0.146. The van der Waals surface area contributed by atoms with Gasteiger partial charge in [0.05, 0.1) is 13.7 Å². The van der Waals surface area contributed by atoms with Gasteiger partial charge in [-0.2, -0.15) is 0 Å². The summed E-state index contributed by atoms with van der Waals surface area (Å²) in [5.41, 5.74) is 5.80. The number of methoxy groups -OCH3 is 1. The summed E-state index contributed by atoms with van der Waals surface area (Å²) in [7, 11) is 1.42. The van der Waals surface area contributed by atoms with Crippen LogP contribution in [0.3, 0.4) is 0 Å². The van der Waals surface area contributed by atoms with Gasteiger partial charge < -0.3 is 14.8 Å². The van der Waals surface area contributed by atoms with E-state index in [1.165, 1.54) is 13.5 Å². The van der Waals surface area contributed by atoms with Crippen molar-refractivity contribution in [1.29, 1.82) is 0 Å². The monoisotopic (exact) mass is 574 g/mol. The van der Waals surface area contributed by atoms with E-state index >= 15 is 0 Å². The fourth-order valence-electron chi connectivity index (χ4n) is 5.45. The molecule has 1 saturated heterocycles. The smallest absolute Gasteiger partial charge is 0.305 e. The summed E-state index contributed by atoms with van der Waals surface area (Å²) in [5, 5.41) is 3.06. The summed E-state index contributed by atoms with van der Waals surface area (Å²) < 4.78 is 11.0. The van der Waals surface area contributed by atoms with E-state index in [-0.39, 0.29) is 18.3 Å². The third-order valence-corrected chi connectivity index (χ3v) is 7.63. The molecular weight excluding hydrogens is 536 g/mol. The maximum atomic E-state index is 12.7. The Morgan fingerprint density at radius 2 is 1.26 bits per heavy atom. The highest BCUT2D eigenvalue weighted by molar-refractivity contribution is 6.00. The number of nitrogens with one attached hydrogen (secondary N) is 1. The number of rotatable bonds is 11. The minimum absolute atomic E-state index is 0.00229. The number of anilines is 1. The van der Waals surface area contributed by atoms with Crippen LogP contribution < -0.4 is 10.1 Å². The van der Waals surface area contributed by atoms with Gasteiger partial charge in [0.2, 0.25) is 5.91 Å². The van der Waals surface area contributed by atoms with E-state index in [9.17, 15) is 9.59 Å². The lowest BCUT2D eigenvalue weighted by molar-refractivity contribution is -0.140. The van der Waals surface area contributed by atoms with Crippen LogP contribution in [-0.2, 0) is 14.3 Å². The molecule has 0 aliphatic carbocycles. The molecule has 0 spiro atoms. The fourth-order valence-corrected chi connectivity index (χ4v) is 5.45. The lowest BCUT2D eigenvalue weighted by Gasteiger charge is -2.25. The number of carbonyl (C=O) groups excluding carboxylic acids is 2. The third kappa shape index (κ3) is 8.43. The van der Waals surface area contributed by atoms with Crippen LogP contribution in [0.5, 0.6) is 11.5 Å². The molecule has 0 radical (unpaired) electrons. The minimum atomic E-state index is -0.258. The summed E-state index contributed by atoms with van der Waals surface area (Å²) in [6.07, 6.45) is 4.29. The van der Waals surface area contributed by atoms with Crippen molar-refractivity contribution in [2.24, 2.45) is 0 Å². The number of amides is 1. The summed E-state index contributed by atoms with van der Waals surface area (Å²) >= 11 is 0. The van der Waals surface area contributed by atoms with Gasteiger partial charge in [-0.3, -0.25) is 14.5 Å². The Hall–Kier alpha value is -4.68. The van der Waals surface area contributed by atoms with E-state index in [0.29, 0.717) is 13.0 Å².